The molecule has 1 aromatic carbocycles. The molecule has 0 unspecified atom stereocenters. The molecule has 1 aliphatic rings. The fourth-order valence-corrected chi connectivity index (χ4v) is 3.25. The number of carbonyl (C=O) groups excluding carboxylic acids is 1. The number of hydrogen-bond acceptors (Lipinski definition) is 4. The van der Waals surface area contributed by atoms with E-state index in [0.29, 0.717) is 26.1 Å². The van der Waals surface area contributed by atoms with Gasteiger partial charge in [0.2, 0.25) is 15.9 Å². The van der Waals surface area contributed by atoms with Gasteiger partial charge in [-0.1, -0.05) is 30.3 Å². The van der Waals surface area contributed by atoms with Gasteiger partial charge in [0, 0.05) is 25.4 Å². The van der Waals surface area contributed by atoms with Crippen LogP contribution >= 0.6 is 0 Å². The van der Waals surface area contributed by atoms with Crippen molar-refractivity contribution in [1.29, 1.82) is 0 Å². The Morgan fingerprint density at radius 3 is 2.64 bits per heavy atom. The highest BCUT2D eigenvalue weighted by Crippen LogP contribution is 2.18. The molecular formula is C15H22N2O4S. The first kappa shape index (κ1) is 16.9. The maximum atomic E-state index is 11.6. The molecule has 0 atom stereocenters. The van der Waals surface area contributed by atoms with Crippen LogP contribution < -0.4 is 5.48 Å². The number of benzene rings is 1. The molecule has 0 aliphatic carbocycles. The zero-order valence-electron chi connectivity index (χ0n) is 12.7. The van der Waals surface area contributed by atoms with Gasteiger partial charge in [-0.15, -0.1) is 0 Å². The molecule has 1 fully saturated rings. The third-order valence-electron chi connectivity index (χ3n) is 3.61. The Balaban J connectivity index is 1.52. The predicted octanol–water partition coefficient (Wildman–Crippen LogP) is 0.949. The van der Waals surface area contributed by atoms with E-state index in [-0.39, 0.29) is 11.8 Å². The van der Waals surface area contributed by atoms with E-state index in [1.807, 2.05) is 30.3 Å². The van der Waals surface area contributed by atoms with Crippen molar-refractivity contribution < 1.29 is 18.0 Å². The van der Waals surface area contributed by atoms with E-state index < -0.39 is 10.0 Å². The van der Waals surface area contributed by atoms with E-state index in [1.165, 1.54) is 16.1 Å². The van der Waals surface area contributed by atoms with Crippen LogP contribution in [0.25, 0.3) is 0 Å². The Kier molecular flexibility index (Phi) is 5.93. The van der Waals surface area contributed by atoms with E-state index in [2.05, 4.69) is 5.48 Å². The van der Waals surface area contributed by atoms with Crippen LogP contribution in [-0.2, 0) is 26.1 Å². The first-order valence-corrected chi connectivity index (χ1v) is 9.19. The van der Waals surface area contributed by atoms with Crippen molar-refractivity contribution in [3.8, 4) is 0 Å². The Bertz CT molecular complexity index is 583. The second-order valence-electron chi connectivity index (χ2n) is 5.62. The summed E-state index contributed by atoms with van der Waals surface area (Å²) < 4.78 is 23.8. The van der Waals surface area contributed by atoms with Gasteiger partial charge in [0.25, 0.3) is 0 Å². The van der Waals surface area contributed by atoms with Gasteiger partial charge in [0.15, 0.2) is 0 Å². The van der Waals surface area contributed by atoms with Gasteiger partial charge in [0.1, 0.15) is 0 Å². The molecule has 0 aromatic heterocycles. The van der Waals surface area contributed by atoms with Crippen molar-refractivity contribution in [2.75, 3.05) is 26.0 Å². The number of sulfonamides is 1. The summed E-state index contributed by atoms with van der Waals surface area (Å²) in [5.74, 6) is 0.00886. The molecule has 1 aliphatic heterocycles. The van der Waals surface area contributed by atoms with Gasteiger partial charge in [-0.3, -0.25) is 9.63 Å². The van der Waals surface area contributed by atoms with Crippen molar-refractivity contribution in [3.63, 3.8) is 0 Å². The minimum atomic E-state index is -3.09. The molecule has 122 valence electrons. The molecule has 7 heteroatoms. The number of carbonyl (C=O) groups is 1. The third kappa shape index (κ3) is 5.40. The highest BCUT2D eigenvalue weighted by Gasteiger charge is 2.33. The van der Waals surface area contributed by atoms with Crippen LogP contribution in [0, 0.1) is 5.92 Å². The number of rotatable bonds is 8. The zero-order valence-corrected chi connectivity index (χ0v) is 13.5. The fourth-order valence-electron chi connectivity index (χ4n) is 2.29. The smallest absolute Gasteiger partial charge is 0.243 e. The summed E-state index contributed by atoms with van der Waals surface area (Å²) in [6.07, 6.45) is 3.23. The normalized spacial score (nSPS) is 16.2. The molecule has 0 spiro atoms. The largest absolute Gasteiger partial charge is 0.273 e. The molecule has 0 saturated carbocycles. The lowest BCUT2D eigenvalue weighted by atomic mass is 10.1. The summed E-state index contributed by atoms with van der Waals surface area (Å²) in [5.41, 5.74) is 3.63. The van der Waals surface area contributed by atoms with E-state index >= 15 is 0 Å². The van der Waals surface area contributed by atoms with Crippen LogP contribution in [0.15, 0.2) is 30.3 Å². The lowest BCUT2D eigenvalue weighted by Crippen LogP contribution is -2.51. The highest BCUT2D eigenvalue weighted by molar-refractivity contribution is 7.88. The summed E-state index contributed by atoms with van der Waals surface area (Å²) in [7, 11) is -3.09. The van der Waals surface area contributed by atoms with Gasteiger partial charge >= 0.3 is 0 Å². The Morgan fingerprint density at radius 2 is 2.00 bits per heavy atom. The van der Waals surface area contributed by atoms with Gasteiger partial charge in [-0.25, -0.2) is 18.2 Å². The molecule has 1 amide bonds. The van der Waals surface area contributed by atoms with Gasteiger partial charge in [-0.2, -0.15) is 0 Å². The van der Waals surface area contributed by atoms with Crippen LogP contribution in [0.2, 0.25) is 0 Å². The number of aryl methyl sites for hydroxylation is 1. The number of hydroxylamine groups is 1. The zero-order chi connectivity index (χ0) is 16.0. The first-order valence-electron chi connectivity index (χ1n) is 7.35. The molecule has 1 aromatic rings. The molecule has 0 bridgehead atoms. The van der Waals surface area contributed by atoms with Crippen LogP contribution in [0.4, 0.5) is 0 Å². The Hall–Kier alpha value is -1.44. The topological polar surface area (TPSA) is 75.7 Å². The van der Waals surface area contributed by atoms with Crippen LogP contribution in [0.5, 0.6) is 0 Å². The number of nitrogens with zero attached hydrogens (tertiary/aromatic N) is 1. The molecule has 6 nitrogen and oxygen atoms in total. The van der Waals surface area contributed by atoms with Crippen LogP contribution in [0.3, 0.4) is 0 Å². The molecule has 1 heterocycles. The van der Waals surface area contributed by atoms with Crippen molar-refractivity contribution in [3.05, 3.63) is 35.9 Å². The monoisotopic (exact) mass is 326 g/mol. The Morgan fingerprint density at radius 1 is 1.32 bits per heavy atom. The van der Waals surface area contributed by atoms with Crippen LogP contribution in [0.1, 0.15) is 18.4 Å². The molecule has 1 saturated heterocycles. The Labute approximate surface area is 131 Å². The van der Waals surface area contributed by atoms with E-state index in [0.717, 1.165) is 12.8 Å². The quantitative estimate of drug-likeness (QED) is 0.722. The van der Waals surface area contributed by atoms with Gasteiger partial charge in [-0.05, 0) is 18.4 Å². The summed E-state index contributed by atoms with van der Waals surface area (Å²) in [5, 5.41) is 0. The third-order valence-corrected chi connectivity index (χ3v) is 4.85. The van der Waals surface area contributed by atoms with Crippen molar-refractivity contribution in [2.24, 2.45) is 5.92 Å². The number of hydrogen-bond donors (Lipinski definition) is 1. The number of nitrogens with one attached hydrogen (secondary N) is 1. The molecule has 22 heavy (non-hydrogen) atoms. The average Bonchev–Trinajstić information content (AvgIpc) is 2.41. The lowest BCUT2D eigenvalue weighted by Gasteiger charge is -2.36. The SMILES string of the molecule is CS(=O)(=O)N1CC(CONC(=O)CCCc2ccccc2)C1. The summed E-state index contributed by atoms with van der Waals surface area (Å²) in [6.45, 7) is 1.27. The van der Waals surface area contributed by atoms with Crippen LogP contribution in [-0.4, -0.2) is 44.6 Å². The maximum Gasteiger partial charge on any atom is 0.243 e. The highest BCUT2D eigenvalue weighted by atomic mass is 32.2. The molecule has 0 radical (unpaired) electrons. The van der Waals surface area contributed by atoms with E-state index in [4.69, 9.17) is 4.84 Å². The van der Waals surface area contributed by atoms with Crippen molar-refractivity contribution >= 4 is 15.9 Å². The summed E-state index contributed by atoms with van der Waals surface area (Å²) >= 11 is 0. The minimum absolute atomic E-state index is 0.143. The predicted molar refractivity (Wildman–Crippen MR) is 83.4 cm³/mol. The van der Waals surface area contributed by atoms with E-state index in [9.17, 15) is 13.2 Å². The fraction of sp³-hybridized carbons (Fsp3) is 0.533. The number of amides is 1. The minimum Gasteiger partial charge on any atom is -0.273 e. The second kappa shape index (κ2) is 7.71. The van der Waals surface area contributed by atoms with Crippen molar-refractivity contribution in [1.82, 2.24) is 9.79 Å². The second-order valence-corrected chi connectivity index (χ2v) is 7.60. The van der Waals surface area contributed by atoms with Gasteiger partial charge < -0.3 is 0 Å². The van der Waals surface area contributed by atoms with Crippen molar-refractivity contribution in [2.45, 2.75) is 19.3 Å². The first-order chi connectivity index (χ1) is 10.4. The van der Waals surface area contributed by atoms with Gasteiger partial charge in [0.05, 0.1) is 12.9 Å². The lowest BCUT2D eigenvalue weighted by molar-refractivity contribution is -0.135. The molecule has 2 rings (SSSR count). The molecule has 1 N–H and O–H groups in total. The van der Waals surface area contributed by atoms with E-state index in [1.54, 1.807) is 0 Å². The molecular weight excluding hydrogens is 304 g/mol. The standard InChI is InChI=1S/C15H22N2O4S/c1-22(19,20)17-10-14(11-17)12-21-16-15(18)9-5-8-13-6-3-2-4-7-13/h2-4,6-7,14H,5,8-12H2,1H3,(H,16,18). The summed E-state index contributed by atoms with van der Waals surface area (Å²) in [6, 6.07) is 10.0. The average molecular weight is 326 g/mol. The maximum absolute atomic E-state index is 11.6. The summed E-state index contributed by atoms with van der Waals surface area (Å²) in [4.78, 5) is 16.7.